The molecule has 6 rings (SSSR count). The van der Waals surface area contributed by atoms with Crippen molar-refractivity contribution in [3.63, 3.8) is 0 Å². The number of halogens is 18. The largest absolute Gasteiger partial charge is 0.432 e. The van der Waals surface area contributed by atoms with Crippen LogP contribution in [0, 0.1) is 64.7 Å². The molecule has 79 heavy (non-hydrogen) atoms. The Bertz CT molecular complexity index is 2090. The number of benzene rings is 2. The number of ether oxygens (including phenoxy) is 4. The fraction of sp³-hybridized carbons (Fsp3) is 0.745. The number of unbranched alkanes of at least 4 members (excludes halogenated alkanes) is 8. The van der Waals surface area contributed by atoms with Crippen LogP contribution in [0.3, 0.4) is 0 Å². The van der Waals surface area contributed by atoms with Gasteiger partial charge in [-0.15, -0.1) is 6.58 Å². The van der Waals surface area contributed by atoms with Crippen molar-refractivity contribution < 1.29 is 92.9 Å². The first-order valence-electron chi connectivity index (χ1n) is 28.0. The first kappa shape index (κ1) is 65.3. The van der Waals surface area contributed by atoms with Gasteiger partial charge in [-0.1, -0.05) is 96.3 Å². The molecule has 0 aliphatic heterocycles. The summed E-state index contributed by atoms with van der Waals surface area (Å²) in [5, 5.41) is 0. The van der Waals surface area contributed by atoms with Crippen LogP contribution in [0.2, 0.25) is 0 Å². The van der Waals surface area contributed by atoms with E-state index in [1.165, 1.54) is 0 Å². The quantitative estimate of drug-likeness (QED) is 0.0462. The molecule has 0 spiro atoms. The topological polar surface area (TPSA) is 36.9 Å². The third kappa shape index (κ3) is 19.6. The highest BCUT2D eigenvalue weighted by molar-refractivity contribution is 8.46. The van der Waals surface area contributed by atoms with Crippen molar-refractivity contribution in [3.05, 3.63) is 60.2 Å². The summed E-state index contributed by atoms with van der Waals surface area (Å²) in [6.07, 6.45) is 16.4. The lowest BCUT2D eigenvalue weighted by atomic mass is 9.70. The third-order valence-electron chi connectivity index (χ3n) is 17.0. The second-order valence-electron chi connectivity index (χ2n) is 22.8. The summed E-state index contributed by atoms with van der Waals surface area (Å²) in [7, 11) is -21.5. The molecule has 0 unspecified atom stereocenters. The fourth-order valence-electron chi connectivity index (χ4n) is 12.7. The molecule has 2 aromatic rings. The zero-order valence-electron chi connectivity index (χ0n) is 44.3. The average molecular weight is 1210 g/mol. The minimum Gasteiger partial charge on any atom is -0.432 e. The number of hydrogen-bond donors (Lipinski definition) is 0. The lowest BCUT2D eigenvalue weighted by Crippen LogP contribution is -2.38. The van der Waals surface area contributed by atoms with Gasteiger partial charge in [0.05, 0.1) is 24.0 Å². The van der Waals surface area contributed by atoms with Crippen LogP contribution in [0.15, 0.2) is 46.7 Å². The Balaban J connectivity index is 0.723. The first-order chi connectivity index (χ1) is 36.5. The van der Waals surface area contributed by atoms with Crippen LogP contribution in [0.5, 0.6) is 11.5 Å². The van der Waals surface area contributed by atoms with Gasteiger partial charge in [0.25, 0.3) is 0 Å². The Morgan fingerprint density at radius 2 is 0.684 bits per heavy atom. The monoisotopic (exact) mass is 1210 g/mol. The van der Waals surface area contributed by atoms with E-state index in [1.54, 1.807) is 0 Å². The highest BCUT2D eigenvalue weighted by Gasteiger charge is 2.70. The maximum atomic E-state index is 15.0. The second-order valence-corrected chi connectivity index (χ2v) is 27.5. The van der Waals surface area contributed by atoms with E-state index in [-0.39, 0.29) is 74.0 Å². The molecule has 0 saturated heterocycles. The third-order valence-corrected chi connectivity index (χ3v) is 19.3. The molecule has 0 atom stereocenters. The summed E-state index contributed by atoms with van der Waals surface area (Å²) in [6, 6.07) is -1.17. The van der Waals surface area contributed by atoms with Crippen molar-refractivity contribution >= 4 is 20.4 Å². The molecular weight excluding hydrogens is 1130 g/mol. The SMILES string of the molecule is C=CC(CCCCCCCOC1CCC(C2CCC(C(F)(F)Oc3cc(F)c(S(F)(F)(F)(F)F)c(F)c3)CC2)CC1)CCCCCCCOC1CCC(C2CCC(C(F)(F)Oc3cc(F)c(S(F)(F)(F)(F)F)c(F)c3)CC2)CC1. The number of alkyl halides is 4. The summed E-state index contributed by atoms with van der Waals surface area (Å²) in [4.78, 5) is -6.79. The van der Waals surface area contributed by atoms with E-state index in [1.807, 2.05) is 0 Å². The van der Waals surface area contributed by atoms with Crippen molar-refractivity contribution in [3.8, 4) is 11.5 Å². The molecule has 24 heteroatoms. The predicted molar refractivity (Wildman–Crippen MR) is 270 cm³/mol. The molecule has 458 valence electrons. The Hall–Kier alpha value is -2.86. The van der Waals surface area contributed by atoms with Gasteiger partial charge >= 0.3 is 32.7 Å². The minimum atomic E-state index is -10.8. The second kappa shape index (κ2) is 24.8. The summed E-state index contributed by atoms with van der Waals surface area (Å²) >= 11 is 0. The molecule has 4 saturated carbocycles. The number of hydrogen-bond acceptors (Lipinski definition) is 4. The average Bonchev–Trinajstić information content (AvgIpc) is 3.38. The maximum Gasteiger partial charge on any atom is 0.400 e. The van der Waals surface area contributed by atoms with E-state index < -0.39 is 89.1 Å². The van der Waals surface area contributed by atoms with E-state index in [4.69, 9.17) is 9.47 Å². The van der Waals surface area contributed by atoms with Crippen molar-refractivity contribution in [2.24, 2.45) is 41.4 Å². The lowest BCUT2D eigenvalue weighted by molar-refractivity contribution is -0.225. The van der Waals surface area contributed by atoms with Gasteiger partial charge in [-0.25, -0.2) is 17.6 Å². The van der Waals surface area contributed by atoms with Crippen LogP contribution >= 0.6 is 20.4 Å². The predicted octanol–water partition coefficient (Wildman–Crippen LogP) is 22.4. The molecule has 0 amide bonds. The molecule has 4 aliphatic rings. The zero-order valence-corrected chi connectivity index (χ0v) is 45.9. The van der Waals surface area contributed by atoms with E-state index >= 15 is 0 Å². The van der Waals surface area contributed by atoms with Gasteiger partial charge in [0.2, 0.25) is 0 Å². The van der Waals surface area contributed by atoms with Crippen molar-refractivity contribution in [1.29, 1.82) is 0 Å². The van der Waals surface area contributed by atoms with Crippen molar-refractivity contribution in [1.82, 2.24) is 0 Å². The molecule has 0 bridgehead atoms. The molecule has 0 heterocycles. The van der Waals surface area contributed by atoms with Gasteiger partial charge < -0.3 is 18.9 Å². The number of allylic oxidation sites excluding steroid dienone is 1. The summed E-state index contributed by atoms with van der Waals surface area (Å²) in [6.45, 7) is 5.40. The summed E-state index contributed by atoms with van der Waals surface area (Å²) in [5.41, 5.74) is 0. The van der Waals surface area contributed by atoms with E-state index in [0.717, 1.165) is 128 Å². The number of rotatable bonds is 29. The Morgan fingerprint density at radius 1 is 0.418 bits per heavy atom. The Labute approximate surface area is 452 Å². The summed E-state index contributed by atoms with van der Waals surface area (Å²) in [5.74, 6) is -14.8. The molecule has 4 nitrogen and oxygen atoms in total. The van der Waals surface area contributed by atoms with Gasteiger partial charge in [0, 0.05) is 37.5 Å². The van der Waals surface area contributed by atoms with Gasteiger partial charge in [0.1, 0.15) is 11.5 Å². The minimum absolute atomic E-state index is 0.0209. The van der Waals surface area contributed by atoms with Gasteiger partial charge in [0.15, 0.2) is 33.1 Å². The van der Waals surface area contributed by atoms with E-state index in [9.17, 15) is 74.0 Å². The fourth-order valence-corrected chi connectivity index (χ4v) is 14.4. The smallest absolute Gasteiger partial charge is 0.400 e. The van der Waals surface area contributed by atoms with Crippen LogP contribution < -0.4 is 9.47 Å². The van der Waals surface area contributed by atoms with Crippen LogP contribution in [0.25, 0.3) is 0 Å². The molecule has 0 aromatic heterocycles. The Morgan fingerprint density at radius 3 is 0.962 bits per heavy atom. The highest BCUT2D eigenvalue weighted by Crippen LogP contribution is 3.03. The molecule has 2 aromatic carbocycles. The van der Waals surface area contributed by atoms with Crippen LogP contribution in [-0.2, 0) is 9.47 Å². The van der Waals surface area contributed by atoms with Gasteiger partial charge in [-0.05, 0) is 158 Å². The highest BCUT2D eigenvalue weighted by atomic mass is 32.5. The maximum absolute atomic E-state index is 15.0. The molecule has 4 fully saturated rings. The molecular formula is C55H76F18O4S2. The standard InChI is InChI=1S/C55H76F18O4S2/c1-2-37(13-9-5-3-7-11-31-74-44-27-19-40(20-28-44)38-15-23-42(24-16-38)54(60,61)76-46-33-48(56)52(49(57)34-46)78(64,65,66,67)68)14-10-6-4-8-12-32-75-45-29-21-41(22-30-45)39-17-25-43(26-18-39)55(62,63)77-47-35-50(58)53(51(59)36-47)79(69,70,71,72)73/h2,33-45H,1,3-32H2. The van der Waals surface area contributed by atoms with Crippen LogP contribution in [0.4, 0.5) is 74.0 Å². The Kier molecular flexibility index (Phi) is 20.5. The van der Waals surface area contributed by atoms with Gasteiger partial charge in [-0.3, -0.25) is 0 Å². The molecule has 0 radical (unpaired) electrons. The first-order valence-corrected chi connectivity index (χ1v) is 31.9. The van der Waals surface area contributed by atoms with E-state index in [0.29, 0.717) is 56.7 Å². The molecule has 0 N–H and O–H groups in total. The van der Waals surface area contributed by atoms with Crippen molar-refractivity contribution in [2.75, 3.05) is 13.2 Å². The normalized spacial score (nSPS) is 27.0. The lowest BCUT2D eigenvalue weighted by Gasteiger charge is -2.41. The zero-order chi connectivity index (χ0) is 58.2. The van der Waals surface area contributed by atoms with Crippen LogP contribution in [-0.4, -0.2) is 37.6 Å². The van der Waals surface area contributed by atoms with E-state index in [2.05, 4.69) is 22.1 Å². The van der Waals surface area contributed by atoms with Crippen molar-refractivity contribution in [2.45, 2.75) is 214 Å². The molecule has 4 aliphatic carbocycles. The van der Waals surface area contributed by atoms with Gasteiger partial charge in [-0.2, -0.15) is 17.6 Å². The van der Waals surface area contributed by atoms with Crippen LogP contribution in [0.1, 0.15) is 180 Å². The summed E-state index contributed by atoms with van der Waals surface area (Å²) < 4.78 is 268.